The number of carbonyl (C=O) groups is 1. The summed E-state index contributed by atoms with van der Waals surface area (Å²) >= 11 is 0. The number of hydrogen-bond acceptors (Lipinski definition) is 5. The second-order valence-corrected chi connectivity index (χ2v) is 7.57. The minimum Gasteiger partial charge on any atom is -0.497 e. The normalized spacial score (nSPS) is 11.4. The number of carbonyl (C=O) groups excluding carboxylic acids is 1. The number of aromatic nitrogens is 3. The lowest BCUT2D eigenvalue weighted by atomic mass is 10.1. The highest BCUT2D eigenvalue weighted by molar-refractivity contribution is 5.92. The van der Waals surface area contributed by atoms with Crippen molar-refractivity contribution in [3.05, 3.63) is 98.8 Å². The number of alkyl halides is 3. The van der Waals surface area contributed by atoms with Crippen molar-refractivity contribution in [3.63, 3.8) is 0 Å². The summed E-state index contributed by atoms with van der Waals surface area (Å²) in [5.74, 6) is -0.289. The van der Waals surface area contributed by atoms with E-state index in [1.54, 1.807) is 24.3 Å². The van der Waals surface area contributed by atoms with Crippen LogP contribution in [0.4, 0.5) is 18.9 Å². The average Bonchev–Trinajstić information content (AvgIpc) is 2.84. The first-order chi connectivity index (χ1) is 16.7. The van der Waals surface area contributed by atoms with Crippen molar-refractivity contribution in [2.75, 3.05) is 12.4 Å². The van der Waals surface area contributed by atoms with Gasteiger partial charge in [-0.1, -0.05) is 24.3 Å². The molecule has 4 aromatic rings. The number of rotatable bonds is 6. The van der Waals surface area contributed by atoms with Crippen molar-refractivity contribution in [2.24, 2.45) is 0 Å². The molecule has 11 heteroatoms. The van der Waals surface area contributed by atoms with E-state index in [9.17, 15) is 27.6 Å². The van der Waals surface area contributed by atoms with E-state index in [-0.39, 0.29) is 17.6 Å². The lowest BCUT2D eigenvalue weighted by Gasteiger charge is -2.15. The van der Waals surface area contributed by atoms with Gasteiger partial charge >= 0.3 is 11.9 Å². The van der Waals surface area contributed by atoms with E-state index < -0.39 is 41.1 Å². The van der Waals surface area contributed by atoms with Crippen LogP contribution in [0, 0.1) is 0 Å². The van der Waals surface area contributed by atoms with Crippen LogP contribution in [0.1, 0.15) is 11.1 Å². The predicted molar refractivity (Wildman–Crippen MR) is 122 cm³/mol. The summed E-state index contributed by atoms with van der Waals surface area (Å²) in [7, 11) is 1.51. The highest BCUT2D eigenvalue weighted by Gasteiger charge is 2.33. The number of methoxy groups -OCH3 is 1. The summed E-state index contributed by atoms with van der Waals surface area (Å²) in [6.45, 7) is -0.744. The molecule has 2 heterocycles. The Kier molecular flexibility index (Phi) is 6.41. The molecule has 0 atom stereocenters. The molecule has 180 valence electrons. The quantitative estimate of drug-likeness (QED) is 0.453. The van der Waals surface area contributed by atoms with Gasteiger partial charge in [-0.3, -0.25) is 18.7 Å². The van der Waals surface area contributed by atoms with E-state index in [0.29, 0.717) is 11.3 Å². The van der Waals surface area contributed by atoms with Gasteiger partial charge in [0.2, 0.25) is 5.91 Å². The van der Waals surface area contributed by atoms with Crippen LogP contribution in [0.3, 0.4) is 0 Å². The number of nitrogens with zero attached hydrogens (tertiary/aromatic N) is 3. The van der Waals surface area contributed by atoms with Crippen molar-refractivity contribution in [3.8, 4) is 5.75 Å². The van der Waals surface area contributed by atoms with E-state index >= 15 is 0 Å². The molecule has 1 N–H and O–H groups in total. The minimum absolute atomic E-state index is 0.0484. The first kappa shape index (κ1) is 23.7. The maximum Gasteiger partial charge on any atom is 0.418 e. The topological polar surface area (TPSA) is 95.2 Å². The molecule has 0 saturated heterocycles. The van der Waals surface area contributed by atoms with E-state index in [0.717, 1.165) is 21.3 Å². The zero-order valence-electron chi connectivity index (χ0n) is 18.4. The number of halogens is 3. The maximum atomic E-state index is 13.3. The number of para-hydroxylation sites is 1. The van der Waals surface area contributed by atoms with Gasteiger partial charge < -0.3 is 10.1 Å². The van der Waals surface area contributed by atoms with Crippen molar-refractivity contribution in [1.29, 1.82) is 0 Å². The fourth-order valence-electron chi connectivity index (χ4n) is 3.62. The molecule has 0 aliphatic carbocycles. The molecule has 8 nitrogen and oxygen atoms in total. The maximum absolute atomic E-state index is 13.3. The Morgan fingerprint density at radius 3 is 2.40 bits per heavy atom. The molecule has 35 heavy (non-hydrogen) atoms. The average molecular weight is 484 g/mol. The summed E-state index contributed by atoms with van der Waals surface area (Å²) in [5, 5.41) is 2.29. The second kappa shape index (κ2) is 9.45. The first-order valence-corrected chi connectivity index (χ1v) is 10.4. The third kappa shape index (κ3) is 4.93. The van der Waals surface area contributed by atoms with E-state index in [1.165, 1.54) is 37.6 Å². The molecule has 0 aliphatic rings. The second-order valence-electron chi connectivity index (χ2n) is 7.57. The SMILES string of the molecule is COc1ccc(Cn2c(=O)c3cccnc3n(CC(=O)Nc3ccccc3C(F)(F)F)c2=O)cc1. The number of benzene rings is 2. The standard InChI is InChI=1S/C24H19F3N4O4/c1-35-16-10-8-15(9-11-16)13-31-22(33)17-5-4-12-28-21(17)30(23(31)34)14-20(32)29-19-7-3-2-6-18(19)24(25,26)27/h2-12H,13-14H2,1H3,(H,29,32). The molecule has 0 radical (unpaired) electrons. The van der Waals surface area contributed by atoms with Crippen LogP contribution in [-0.2, 0) is 24.1 Å². The molecule has 0 bridgehead atoms. The van der Waals surface area contributed by atoms with Crippen LogP contribution in [0.5, 0.6) is 5.75 Å². The van der Waals surface area contributed by atoms with Gasteiger partial charge in [0.1, 0.15) is 17.9 Å². The summed E-state index contributed by atoms with van der Waals surface area (Å²) < 4.78 is 46.9. The number of nitrogens with one attached hydrogen (secondary N) is 1. The van der Waals surface area contributed by atoms with Gasteiger partial charge in [-0.15, -0.1) is 0 Å². The van der Waals surface area contributed by atoms with Crippen molar-refractivity contribution in [2.45, 2.75) is 19.3 Å². The van der Waals surface area contributed by atoms with Crippen LogP contribution >= 0.6 is 0 Å². The molecular formula is C24H19F3N4O4. The zero-order chi connectivity index (χ0) is 25.2. The molecule has 0 aliphatic heterocycles. The van der Waals surface area contributed by atoms with Gasteiger partial charge in [-0.25, -0.2) is 9.78 Å². The molecule has 1 amide bonds. The minimum atomic E-state index is -4.68. The van der Waals surface area contributed by atoms with Crippen molar-refractivity contribution >= 4 is 22.6 Å². The predicted octanol–water partition coefficient (Wildman–Crippen LogP) is 3.27. The molecule has 4 rings (SSSR count). The molecule has 0 saturated carbocycles. The lowest BCUT2D eigenvalue weighted by molar-refractivity contribution is -0.137. The third-order valence-electron chi connectivity index (χ3n) is 5.29. The number of ether oxygens (including phenoxy) is 1. The zero-order valence-corrected chi connectivity index (χ0v) is 18.4. The monoisotopic (exact) mass is 484 g/mol. The smallest absolute Gasteiger partial charge is 0.418 e. The Bertz CT molecular complexity index is 1510. The fraction of sp³-hybridized carbons (Fsp3) is 0.167. The molecule has 0 spiro atoms. The van der Waals surface area contributed by atoms with Crippen LogP contribution in [0.2, 0.25) is 0 Å². The van der Waals surface area contributed by atoms with Crippen LogP contribution < -0.4 is 21.3 Å². The summed E-state index contributed by atoms with van der Waals surface area (Å²) in [5.41, 5.74) is -2.31. The van der Waals surface area contributed by atoms with Gasteiger partial charge in [0, 0.05) is 6.20 Å². The molecule has 2 aromatic heterocycles. The van der Waals surface area contributed by atoms with Gasteiger partial charge in [0.25, 0.3) is 5.56 Å². The van der Waals surface area contributed by atoms with E-state index in [4.69, 9.17) is 4.74 Å². The number of anilines is 1. The number of hydrogen-bond donors (Lipinski definition) is 1. The highest BCUT2D eigenvalue weighted by atomic mass is 19.4. The molecule has 0 fully saturated rings. The lowest BCUT2D eigenvalue weighted by Crippen LogP contribution is -2.42. The van der Waals surface area contributed by atoms with E-state index in [2.05, 4.69) is 10.3 Å². The molecule has 0 unspecified atom stereocenters. The van der Waals surface area contributed by atoms with Gasteiger partial charge in [0.05, 0.1) is 30.3 Å². The molecular weight excluding hydrogens is 465 g/mol. The Balaban J connectivity index is 1.73. The van der Waals surface area contributed by atoms with Crippen LogP contribution in [0.15, 0.2) is 76.4 Å². The van der Waals surface area contributed by atoms with Crippen molar-refractivity contribution < 1.29 is 22.7 Å². The van der Waals surface area contributed by atoms with Gasteiger partial charge in [-0.2, -0.15) is 13.2 Å². The highest BCUT2D eigenvalue weighted by Crippen LogP contribution is 2.34. The number of pyridine rings is 1. The van der Waals surface area contributed by atoms with Crippen LogP contribution in [-0.4, -0.2) is 27.1 Å². The molecule has 2 aromatic carbocycles. The largest absolute Gasteiger partial charge is 0.497 e. The summed E-state index contributed by atoms with van der Waals surface area (Å²) in [6, 6.07) is 14.2. The third-order valence-corrected chi connectivity index (χ3v) is 5.29. The number of fused-ring (bicyclic) bond motifs is 1. The van der Waals surface area contributed by atoms with Gasteiger partial charge in [-0.05, 0) is 42.0 Å². The Labute approximate surface area is 196 Å². The Morgan fingerprint density at radius 2 is 1.71 bits per heavy atom. The van der Waals surface area contributed by atoms with Crippen molar-refractivity contribution in [1.82, 2.24) is 14.1 Å². The summed E-state index contributed by atoms with van der Waals surface area (Å²) in [6.07, 6.45) is -3.33. The van der Waals surface area contributed by atoms with Gasteiger partial charge in [0.15, 0.2) is 0 Å². The Morgan fingerprint density at radius 1 is 1.00 bits per heavy atom. The summed E-state index contributed by atoms with van der Waals surface area (Å²) in [4.78, 5) is 43.0. The number of amides is 1. The van der Waals surface area contributed by atoms with E-state index in [1.807, 2.05) is 0 Å². The fourth-order valence-corrected chi connectivity index (χ4v) is 3.62. The Hall–Kier alpha value is -4.41. The first-order valence-electron chi connectivity index (χ1n) is 10.4. The van der Waals surface area contributed by atoms with Crippen LogP contribution in [0.25, 0.3) is 11.0 Å².